The highest BCUT2D eigenvalue weighted by Crippen LogP contribution is 2.67. The normalized spacial score (nSPS) is 13.4. The molecule has 0 unspecified atom stereocenters. The molecule has 0 nitrogen and oxygen atoms in total. The maximum absolute atomic E-state index is 2.43. The molecule has 0 aliphatic heterocycles. The summed E-state index contributed by atoms with van der Waals surface area (Å²) in [5.74, 6) is 0. The number of rotatable bonds is 10. The summed E-state index contributed by atoms with van der Waals surface area (Å²) in [6.45, 7) is 9.23. The van der Waals surface area contributed by atoms with E-state index in [2.05, 4.69) is 161 Å². The summed E-state index contributed by atoms with van der Waals surface area (Å²) >= 11 is 0. The highest BCUT2D eigenvalue weighted by atomic mass is 31.2. The molecular weight excluding hydrogens is 427 g/mol. The number of benzene rings is 3. The molecule has 0 saturated carbocycles. The quantitative estimate of drug-likeness (QED) is 0.123. The van der Waals surface area contributed by atoms with Crippen LogP contribution in [0.15, 0.2) is 139 Å². The Bertz CT molecular complexity index is 1020. The topological polar surface area (TPSA) is 0 Å². The molecule has 3 aromatic carbocycles. The van der Waals surface area contributed by atoms with Gasteiger partial charge in [0.15, 0.2) is 0 Å². The molecule has 0 heterocycles. The van der Waals surface area contributed by atoms with Gasteiger partial charge in [-0.2, -0.15) is 0 Å². The first-order valence-electron chi connectivity index (χ1n) is 12.2. The Hall–Kier alpha value is -2.95. The molecule has 0 N–H and O–H groups in total. The van der Waals surface area contributed by atoms with Gasteiger partial charge in [0.2, 0.25) is 0 Å². The van der Waals surface area contributed by atoms with Gasteiger partial charge in [-0.1, -0.05) is 97.1 Å². The Morgan fingerprint density at radius 2 is 1.09 bits per heavy atom. The van der Waals surface area contributed by atoms with Gasteiger partial charge in [0.1, 0.15) is 28.3 Å². The van der Waals surface area contributed by atoms with Crippen LogP contribution < -0.4 is 15.9 Å². The van der Waals surface area contributed by atoms with Crippen molar-refractivity contribution in [3.8, 4) is 0 Å². The average molecular weight is 466 g/mol. The van der Waals surface area contributed by atoms with Crippen LogP contribution in [0.3, 0.4) is 0 Å². The van der Waals surface area contributed by atoms with Gasteiger partial charge in [0.05, 0.1) is 0 Å². The maximum atomic E-state index is 2.43. The van der Waals surface area contributed by atoms with E-state index < -0.39 is 7.26 Å². The monoisotopic (exact) mass is 465 g/mol. The van der Waals surface area contributed by atoms with E-state index in [4.69, 9.17) is 0 Å². The van der Waals surface area contributed by atoms with Crippen LogP contribution in [0.5, 0.6) is 0 Å². The summed E-state index contributed by atoms with van der Waals surface area (Å²) in [7, 11) is -2.01. The predicted molar refractivity (Wildman–Crippen MR) is 155 cm³/mol. The molecule has 34 heavy (non-hydrogen) atoms. The Morgan fingerprint density at radius 3 is 1.53 bits per heavy atom. The largest absolute Gasteiger partial charge is 0.121 e. The fraction of sp³-hybridized carbons (Fsp3) is 0.212. The molecule has 0 aliphatic rings. The van der Waals surface area contributed by atoms with Gasteiger partial charge in [-0.3, -0.25) is 0 Å². The molecule has 0 aromatic heterocycles. The Balaban J connectivity index is 2.12. The predicted octanol–water partition coefficient (Wildman–Crippen LogP) is 8.17. The van der Waals surface area contributed by atoms with Gasteiger partial charge in [0, 0.05) is 0 Å². The van der Waals surface area contributed by atoms with Crippen molar-refractivity contribution in [1.29, 1.82) is 0 Å². The lowest BCUT2D eigenvalue weighted by Crippen LogP contribution is -2.45. The molecule has 3 aromatic rings. The van der Waals surface area contributed by atoms with Crippen molar-refractivity contribution < 1.29 is 0 Å². The third kappa shape index (κ3) is 5.57. The van der Waals surface area contributed by atoms with Crippen LogP contribution in [-0.4, -0.2) is 5.16 Å². The van der Waals surface area contributed by atoms with E-state index in [1.54, 1.807) is 0 Å². The van der Waals surface area contributed by atoms with Crippen LogP contribution >= 0.6 is 7.26 Å². The van der Waals surface area contributed by atoms with Gasteiger partial charge in [-0.25, -0.2) is 0 Å². The van der Waals surface area contributed by atoms with E-state index in [0.717, 1.165) is 12.8 Å². The van der Waals surface area contributed by atoms with E-state index in [0.29, 0.717) is 0 Å². The molecule has 0 amide bonds. The molecule has 0 fully saturated rings. The Labute approximate surface area is 207 Å². The molecule has 0 radical (unpaired) electrons. The second-order valence-corrected chi connectivity index (χ2v) is 13.1. The minimum atomic E-state index is -2.01. The van der Waals surface area contributed by atoms with E-state index in [9.17, 15) is 0 Å². The van der Waals surface area contributed by atoms with Gasteiger partial charge in [-0.05, 0) is 82.5 Å². The third-order valence-electron chi connectivity index (χ3n) is 6.67. The Kier molecular flexibility index (Phi) is 9.43. The summed E-state index contributed by atoms with van der Waals surface area (Å²) in [4.78, 5) is 0. The zero-order valence-electron chi connectivity index (χ0n) is 21.1. The molecular formula is C33H38P+. The van der Waals surface area contributed by atoms with E-state index in [-0.39, 0.29) is 5.16 Å². The smallest absolute Gasteiger partial charge is 0.0917 e. The molecule has 174 valence electrons. The van der Waals surface area contributed by atoms with Crippen molar-refractivity contribution >= 4 is 23.2 Å². The number of hydrogen-bond donors (Lipinski definition) is 0. The highest BCUT2D eigenvalue weighted by Gasteiger charge is 2.58. The van der Waals surface area contributed by atoms with Gasteiger partial charge in [0.25, 0.3) is 0 Å². The first kappa shape index (κ1) is 25.7. The molecule has 0 atom stereocenters. The van der Waals surface area contributed by atoms with Gasteiger partial charge >= 0.3 is 0 Å². The van der Waals surface area contributed by atoms with Gasteiger partial charge in [-0.15, -0.1) is 0 Å². The second-order valence-electron chi connectivity index (χ2n) is 9.05. The lowest BCUT2D eigenvalue weighted by molar-refractivity contribution is 0.816. The van der Waals surface area contributed by atoms with Crippen molar-refractivity contribution in [2.75, 3.05) is 0 Å². The zero-order chi connectivity index (χ0) is 24.3. The molecule has 0 saturated heterocycles. The van der Waals surface area contributed by atoms with Gasteiger partial charge < -0.3 is 0 Å². The van der Waals surface area contributed by atoms with E-state index >= 15 is 0 Å². The minimum Gasteiger partial charge on any atom is -0.0917 e. The maximum Gasteiger partial charge on any atom is 0.121 e. The standard InChI is InChI=1S/C33H38P/c1-5-6-7-8-9-10-11-15-22-29(2)33(3,4)34(30-23-16-12-17-24-30,31-25-18-13-19-26-31)32-27-20-14-21-28-32/h5-6,9-28H,7-8H2,1-4H3/q+1. The lowest BCUT2D eigenvalue weighted by Gasteiger charge is -2.41. The van der Waals surface area contributed by atoms with Crippen LogP contribution in [0, 0.1) is 0 Å². The highest BCUT2D eigenvalue weighted by molar-refractivity contribution is 7.97. The fourth-order valence-electron chi connectivity index (χ4n) is 4.64. The minimum absolute atomic E-state index is 0.0863. The summed E-state index contributed by atoms with van der Waals surface area (Å²) in [5.41, 5.74) is 1.39. The number of unbranched alkanes of at least 4 members (excludes halogenated alkanes) is 1. The first-order chi connectivity index (χ1) is 16.5. The van der Waals surface area contributed by atoms with E-state index in [1.807, 2.05) is 0 Å². The van der Waals surface area contributed by atoms with Crippen molar-refractivity contribution in [1.82, 2.24) is 0 Å². The molecule has 0 bridgehead atoms. The third-order valence-corrected chi connectivity index (χ3v) is 11.9. The fourth-order valence-corrected chi connectivity index (χ4v) is 9.93. The molecule has 0 aliphatic carbocycles. The van der Waals surface area contributed by atoms with Crippen LogP contribution in [0.25, 0.3) is 0 Å². The summed E-state index contributed by atoms with van der Waals surface area (Å²) in [6.07, 6.45) is 17.5. The number of allylic oxidation sites excluding steroid dienone is 8. The van der Waals surface area contributed by atoms with Crippen molar-refractivity contribution in [3.63, 3.8) is 0 Å². The zero-order valence-corrected chi connectivity index (χ0v) is 22.0. The van der Waals surface area contributed by atoms with E-state index in [1.165, 1.54) is 21.5 Å². The SMILES string of the molecule is CC=CCCC=CC=CC=C(C)C(C)(C)[P+](c1ccccc1)(c1ccccc1)c1ccccc1. The summed E-state index contributed by atoms with van der Waals surface area (Å²) in [6, 6.07) is 33.4. The van der Waals surface area contributed by atoms with Crippen molar-refractivity contribution in [2.24, 2.45) is 0 Å². The molecule has 1 heteroatoms. The number of hydrogen-bond acceptors (Lipinski definition) is 0. The van der Waals surface area contributed by atoms with Crippen LogP contribution in [-0.2, 0) is 0 Å². The van der Waals surface area contributed by atoms with Crippen molar-refractivity contribution in [3.05, 3.63) is 139 Å². The summed E-state index contributed by atoms with van der Waals surface area (Å²) in [5, 5.41) is 4.16. The molecule has 3 rings (SSSR count). The lowest BCUT2D eigenvalue weighted by atomic mass is 10.0. The van der Waals surface area contributed by atoms with Crippen LogP contribution in [0.1, 0.15) is 40.5 Å². The Morgan fingerprint density at radius 1 is 0.647 bits per heavy atom. The van der Waals surface area contributed by atoms with Crippen LogP contribution in [0.4, 0.5) is 0 Å². The van der Waals surface area contributed by atoms with Crippen molar-refractivity contribution in [2.45, 2.75) is 45.7 Å². The average Bonchev–Trinajstić information content (AvgIpc) is 2.88. The molecule has 0 spiro atoms. The first-order valence-corrected chi connectivity index (χ1v) is 14.0. The van der Waals surface area contributed by atoms with Crippen LogP contribution in [0.2, 0.25) is 0 Å². The summed E-state index contributed by atoms with van der Waals surface area (Å²) < 4.78 is 0. The second kappa shape index (κ2) is 12.5.